The van der Waals surface area contributed by atoms with Gasteiger partial charge in [-0.05, 0) is 38.3 Å². The molecule has 1 atom stereocenters. The standard InChI is InChI=1S/C22H35N5O2/c1-19(29-20-9-5-3-6-10-20)17-24-22(23-2)27-15-13-25(14-16-27)18-21(28)26-11-7-4-8-12-26/h3,5-6,9-10,19H,4,7-8,11-18H2,1-2H3,(H,23,24). The van der Waals surface area contributed by atoms with E-state index in [0.29, 0.717) is 13.1 Å². The molecular weight excluding hydrogens is 366 g/mol. The fraction of sp³-hybridized carbons (Fsp3) is 0.636. The number of nitrogens with one attached hydrogen (secondary N) is 1. The topological polar surface area (TPSA) is 60.4 Å². The maximum Gasteiger partial charge on any atom is 0.236 e. The van der Waals surface area contributed by atoms with Gasteiger partial charge < -0.3 is 19.9 Å². The molecule has 7 nitrogen and oxygen atoms in total. The molecule has 2 aliphatic heterocycles. The van der Waals surface area contributed by atoms with E-state index >= 15 is 0 Å². The van der Waals surface area contributed by atoms with Gasteiger partial charge in [0.25, 0.3) is 0 Å². The van der Waals surface area contributed by atoms with Gasteiger partial charge in [0, 0.05) is 46.3 Å². The summed E-state index contributed by atoms with van der Waals surface area (Å²) >= 11 is 0. The lowest BCUT2D eigenvalue weighted by molar-refractivity contribution is -0.133. The number of guanidine groups is 1. The number of ether oxygens (including phenoxy) is 1. The first kappa shape index (κ1) is 21.4. The van der Waals surface area contributed by atoms with Crippen LogP contribution in [0.3, 0.4) is 0 Å². The van der Waals surface area contributed by atoms with E-state index in [1.165, 1.54) is 6.42 Å². The molecule has 0 saturated carbocycles. The van der Waals surface area contributed by atoms with Crippen molar-refractivity contribution < 1.29 is 9.53 Å². The minimum atomic E-state index is 0.0394. The van der Waals surface area contributed by atoms with E-state index in [2.05, 4.69) is 27.0 Å². The van der Waals surface area contributed by atoms with Gasteiger partial charge in [0.1, 0.15) is 11.9 Å². The Kier molecular flexibility index (Phi) is 8.16. The first-order valence-corrected chi connectivity index (χ1v) is 10.8. The number of likely N-dealkylation sites (tertiary alicyclic amines) is 1. The summed E-state index contributed by atoms with van der Waals surface area (Å²) in [6.07, 6.45) is 3.59. The second-order valence-electron chi connectivity index (χ2n) is 7.87. The molecular formula is C22H35N5O2. The molecule has 0 aliphatic carbocycles. The van der Waals surface area contributed by atoms with Crippen molar-refractivity contribution in [2.24, 2.45) is 4.99 Å². The van der Waals surface area contributed by atoms with Crippen LogP contribution in [0.25, 0.3) is 0 Å². The summed E-state index contributed by atoms with van der Waals surface area (Å²) in [6, 6.07) is 9.87. The molecule has 1 aromatic rings. The van der Waals surface area contributed by atoms with Gasteiger partial charge in [-0.25, -0.2) is 0 Å². The lowest BCUT2D eigenvalue weighted by atomic mass is 10.1. The van der Waals surface area contributed by atoms with Crippen molar-refractivity contribution in [2.45, 2.75) is 32.3 Å². The molecule has 3 rings (SSSR count). The summed E-state index contributed by atoms with van der Waals surface area (Å²) in [5.74, 6) is 2.06. The van der Waals surface area contributed by atoms with Crippen LogP contribution in [0.1, 0.15) is 26.2 Å². The van der Waals surface area contributed by atoms with E-state index in [4.69, 9.17) is 4.74 Å². The summed E-state index contributed by atoms with van der Waals surface area (Å²) in [4.78, 5) is 23.5. The van der Waals surface area contributed by atoms with E-state index in [1.807, 2.05) is 42.3 Å². The van der Waals surface area contributed by atoms with E-state index in [1.54, 1.807) is 0 Å². The summed E-state index contributed by atoms with van der Waals surface area (Å²) in [5.41, 5.74) is 0. The third-order valence-electron chi connectivity index (χ3n) is 5.58. The number of amides is 1. The molecule has 2 aliphatic rings. The molecule has 0 bridgehead atoms. The summed E-state index contributed by atoms with van der Waals surface area (Å²) < 4.78 is 5.93. The van der Waals surface area contributed by atoms with Gasteiger partial charge in [-0.15, -0.1) is 0 Å². The van der Waals surface area contributed by atoms with Crippen molar-refractivity contribution in [3.63, 3.8) is 0 Å². The van der Waals surface area contributed by atoms with Crippen LogP contribution in [0.5, 0.6) is 5.75 Å². The number of hydrogen-bond donors (Lipinski definition) is 1. The molecule has 2 heterocycles. The Bertz CT molecular complexity index is 652. The lowest BCUT2D eigenvalue weighted by Crippen LogP contribution is -2.55. The van der Waals surface area contributed by atoms with Crippen LogP contribution in [0.15, 0.2) is 35.3 Å². The third kappa shape index (κ3) is 6.63. The summed E-state index contributed by atoms with van der Waals surface area (Å²) in [7, 11) is 1.82. The molecule has 0 spiro atoms. The largest absolute Gasteiger partial charge is 0.489 e. The van der Waals surface area contributed by atoms with Gasteiger partial charge in [0.05, 0.1) is 13.1 Å². The average Bonchev–Trinajstić information content (AvgIpc) is 2.76. The maximum absolute atomic E-state index is 12.5. The minimum absolute atomic E-state index is 0.0394. The second kappa shape index (κ2) is 11.0. The van der Waals surface area contributed by atoms with E-state index < -0.39 is 0 Å². The zero-order valence-electron chi connectivity index (χ0n) is 17.8. The molecule has 29 heavy (non-hydrogen) atoms. The number of carbonyl (C=O) groups is 1. The van der Waals surface area contributed by atoms with Crippen molar-refractivity contribution in [2.75, 3.05) is 59.4 Å². The number of hydrogen-bond acceptors (Lipinski definition) is 4. The van der Waals surface area contributed by atoms with Crippen LogP contribution in [-0.4, -0.2) is 92.1 Å². The molecule has 160 valence electrons. The van der Waals surface area contributed by atoms with Crippen molar-refractivity contribution in [3.05, 3.63) is 30.3 Å². The number of rotatable bonds is 6. The van der Waals surface area contributed by atoms with E-state index in [0.717, 1.165) is 63.8 Å². The van der Waals surface area contributed by atoms with E-state index in [-0.39, 0.29) is 12.0 Å². The number of carbonyl (C=O) groups excluding carboxylic acids is 1. The predicted octanol–water partition coefficient (Wildman–Crippen LogP) is 1.66. The Balaban J connectivity index is 1.38. The van der Waals surface area contributed by atoms with Gasteiger partial charge in [0.15, 0.2) is 5.96 Å². The molecule has 0 aromatic heterocycles. The Morgan fingerprint density at radius 1 is 1.03 bits per heavy atom. The van der Waals surface area contributed by atoms with Crippen molar-refractivity contribution >= 4 is 11.9 Å². The molecule has 1 N–H and O–H groups in total. The molecule has 1 aromatic carbocycles. The second-order valence-corrected chi connectivity index (χ2v) is 7.87. The van der Waals surface area contributed by atoms with Crippen LogP contribution in [0.2, 0.25) is 0 Å². The number of piperazine rings is 1. The summed E-state index contributed by atoms with van der Waals surface area (Å²) in [5, 5.41) is 3.42. The Labute approximate surface area is 174 Å². The molecule has 1 unspecified atom stereocenters. The van der Waals surface area contributed by atoms with Gasteiger partial charge in [-0.3, -0.25) is 14.7 Å². The first-order chi connectivity index (χ1) is 14.2. The smallest absolute Gasteiger partial charge is 0.236 e. The van der Waals surface area contributed by atoms with Gasteiger partial charge in [0.2, 0.25) is 5.91 Å². The first-order valence-electron chi connectivity index (χ1n) is 10.8. The molecule has 7 heteroatoms. The average molecular weight is 402 g/mol. The number of benzene rings is 1. The van der Waals surface area contributed by atoms with Crippen molar-refractivity contribution in [1.29, 1.82) is 0 Å². The van der Waals surface area contributed by atoms with Crippen molar-refractivity contribution in [1.82, 2.24) is 20.0 Å². The molecule has 0 radical (unpaired) electrons. The highest BCUT2D eigenvalue weighted by atomic mass is 16.5. The quantitative estimate of drug-likeness (QED) is 0.580. The monoisotopic (exact) mass is 401 g/mol. The van der Waals surface area contributed by atoms with Crippen LogP contribution in [-0.2, 0) is 4.79 Å². The minimum Gasteiger partial charge on any atom is -0.489 e. The highest BCUT2D eigenvalue weighted by Gasteiger charge is 2.24. The maximum atomic E-state index is 12.5. The van der Waals surface area contributed by atoms with Gasteiger partial charge in [-0.1, -0.05) is 18.2 Å². The Morgan fingerprint density at radius 2 is 1.72 bits per heavy atom. The normalized spacial score (nSPS) is 19.7. The van der Waals surface area contributed by atoms with Crippen LogP contribution >= 0.6 is 0 Å². The molecule has 2 fully saturated rings. The lowest BCUT2D eigenvalue weighted by Gasteiger charge is -2.37. The van der Waals surface area contributed by atoms with Crippen LogP contribution < -0.4 is 10.1 Å². The number of para-hydroxylation sites is 1. The highest BCUT2D eigenvalue weighted by molar-refractivity contribution is 5.80. The number of piperidine rings is 1. The van der Waals surface area contributed by atoms with Crippen LogP contribution in [0, 0.1) is 0 Å². The molecule has 1 amide bonds. The van der Waals surface area contributed by atoms with Gasteiger partial charge in [-0.2, -0.15) is 0 Å². The predicted molar refractivity (Wildman–Crippen MR) is 116 cm³/mol. The third-order valence-corrected chi connectivity index (χ3v) is 5.58. The zero-order chi connectivity index (χ0) is 20.5. The van der Waals surface area contributed by atoms with Gasteiger partial charge >= 0.3 is 0 Å². The highest BCUT2D eigenvalue weighted by Crippen LogP contribution is 2.11. The number of nitrogens with zero attached hydrogens (tertiary/aromatic N) is 4. The fourth-order valence-corrected chi connectivity index (χ4v) is 3.89. The zero-order valence-corrected chi connectivity index (χ0v) is 17.8. The molecule has 2 saturated heterocycles. The number of aliphatic imine (C=N–C) groups is 1. The van der Waals surface area contributed by atoms with E-state index in [9.17, 15) is 4.79 Å². The van der Waals surface area contributed by atoms with Crippen LogP contribution in [0.4, 0.5) is 0 Å². The Morgan fingerprint density at radius 3 is 2.38 bits per heavy atom. The Hall–Kier alpha value is -2.28. The SMILES string of the molecule is CN=C(NCC(C)Oc1ccccc1)N1CCN(CC(=O)N2CCCCC2)CC1. The summed E-state index contributed by atoms with van der Waals surface area (Å²) in [6.45, 7) is 8.67. The fourth-order valence-electron chi connectivity index (χ4n) is 3.89. The van der Waals surface area contributed by atoms with Crippen molar-refractivity contribution in [3.8, 4) is 5.75 Å².